The van der Waals surface area contributed by atoms with Crippen LogP contribution in [-0.4, -0.2) is 36.5 Å². The van der Waals surface area contributed by atoms with Crippen molar-refractivity contribution in [1.82, 2.24) is 5.32 Å². The zero-order valence-electron chi connectivity index (χ0n) is 13.6. The molecule has 1 rings (SSSR count). The summed E-state index contributed by atoms with van der Waals surface area (Å²) < 4.78 is 5.56. The van der Waals surface area contributed by atoms with Crippen LogP contribution in [0.4, 0.5) is 0 Å². The third-order valence-electron chi connectivity index (χ3n) is 4.42. The van der Waals surface area contributed by atoms with Crippen LogP contribution >= 0.6 is 0 Å². The number of ether oxygens (including phenoxy) is 1. The van der Waals surface area contributed by atoms with Gasteiger partial charge in [-0.1, -0.05) is 51.9 Å². The number of nitrogens with one attached hydrogen (secondary N) is 1. The fourth-order valence-electron chi connectivity index (χ4n) is 2.96. The fourth-order valence-corrected chi connectivity index (χ4v) is 2.96. The van der Waals surface area contributed by atoms with E-state index in [4.69, 9.17) is 4.74 Å². The Balaban J connectivity index is 1.88. The molecular formula is C17H35NO2. The molecule has 0 heterocycles. The van der Waals surface area contributed by atoms with E-state index in [2.05, 4.69) is 19.2 Å². The van der Waals surface area contributed by atoms with Gasteiger partial charge in [0.25, 0.3) is 0 Å². The van der Waals surface area contributed by atoms with Crippen LogP contribution in [0.1, 0.15) is 78.1 Å². The van der Waals surface area contributed by atoms with Gasteiger partial charge in [-0.25, -0.2) is 0 Å². The highest BCUT2D eigenvalue weighted by Crippen LogP contribution is 2.28. The van der Waals surface area contributed by atoms with Crippen LogP contribution in [-0.2, 0) is 4.74 Å². The molecule has 120 valence electrons. The van der Waals surface area contributed by atoms with Crippen LogP contribution < -0.4 is 5.32 Å². The lowest BCUT2D eigenvalue weighted by Gasteiger charge is -2.27. The van der Waals surface area contributed by atoms with Crippen LogP contribution in [0.25, 0.3) is 0 Å². The van der Waals surface area contributed by atoms with E-state index >= 15 is 0 Å². The molecule has 1 aliphatic rings. The van der Waals surface area contributed by atoms with Crippen molar-refractivity contribution >= 4 is 0 Å². The lowest BCUT2D eigenvalue weighted by atomic mass is 10.0. The van der Waals surface area contributed by atoms with Crippen molar-refractivity contribution in [1.29, 1.82) is 0 Å². The second-order valence-corrected chi connectivity index (χ2v) is 6.65. The number of unbranched alkanes of at least 4 members (excludes halogenated alkanes) is 5. The van der Waals surface area contributed by atoms with Crippen molar-refractivity contribution in [3.8, 4) is 0 Å². The summed E-state index contributed by atoms with van der Waals surface area (Å²) in [6, 6.07) is 0. The van der Waals surface area contributed by atoms with Gasteiger partial charge in [0.05, 0.1) is 12.7 Å². The van der Waals surface area contributed by atoms with Gasteiger partial charge in [0.1, 0.15) is 0 Å². The van der Waals surface area contributed by atoms with E-state index in [-0.39, 0.29) is 11.6 Å². The predicted molar refractivity (Wildman–Crippen MR) is 85.1 cm³/mol. The summed E-state index contributed by atoms with van der Waals surface area (Å²) in [5, 5.41) is 13.4. The highest BCUT2D eigenvalue weighted by Gasteiger charge is 2.28. The van der Waals surface area contributed by atoms with E-state index in [9.17, 15) is 5.11 Å². The summed E-state index contributed by atoms with van der Waals surface area (Å²) in [5.74, 6) is 0. The van der Waals surface area contributed by atoms with Gasteiger partial charge in [0.2, 0.25) is 0 Å². The second-order valence-electron chi connectivity index (χ2n) is 6.65. The molecule has 3 nitrogen and oxygen atoms in total. The first kappa shape index (κ1) is 17.9. The van der Waals surface area contributed by atoms with Crippen LogP contribution in [0.5, 0.6) is 0 Å². The van der Waals surface area contributed by atoms with Gasteiger partial charge in [0.15, 0.2) is 0 Å². The Hall–Kier alpha value is -0.120. The van der Waals surface area contributed by atoms with Gasteiger partial charge >= 0.3 is 0 Å². The van der Waals surface area contributed by atoms with Crippen molar-refractivity contribution in [2.75, 3.05) is 19.8 Å². The molecule has 0 aliphatic heterocycles. The summed E-state index contributed by atoms with van der Waals surface area (Å²) in [6.45, 7) is 6.43. The van der Waals surface area contributed by atoms with E-state index < -0.39 is 0 Å². The molecular weight excluding hydrogens is 250 g/mol. The predicted octanol–water partition coefficient (Wildman–Crippen LogP) is 3.65. The lowest BCUT2D eigenvalue weighted by molar-refractivity contribution is 0.0317. The Kier molecular flexibility index (Phi) is 9.49. The van der Waals surface area contributed by atoms with Gasteiger partial charge in [-0.05, 0) is 26.2 Å². The largest absolute Gasteiger partial charge is 0.389 e. The number of aliphatic hydroxyl groups is 1. The number of rotatable bonds is 12. The minimum absolute atomic E-state index is 0.250. The Bertz CT molecular complexity index is 227. The maximum absolute atomic E-state index is 9.91. The third kappa shape index (κ3) is 8.23. The molecule has 20 heavy (non-hydrogen) atoms. The Morgan fingerprint density at radius 1 is 1.10 bits per heavy atom. The van der Waals surface area contributed by atoms with Gasteiger partial charge in [-0.15, -0.1) is 0 Å². The van der Waals surface area contributed by atoms with E-state index in [1.807, 2.05) is 0 Å². The summed E-state index contributed by atoms with van der Waals surface area (Å²) in [5.41, 5.74) is 0.250. The van der Waals surface area contributed by atoms with E-state index in [0.29, 0.717) is 13.2 Å². The zero-order chi connectivity index (χ0) is 14.7. The van der Waals surface area contributed by atoms with Gasteiger partial charge in [0, 0.05) is 18.7 Å². The molecule has 0 aromatic heterocycles. The van der Waals surface area contributed by atoms with Gasteiger partial charge < -0.3 is 15.2 Å². The molecule has 2 N–H and O–H groups in total. The topological polar surface area (TPSA) is 41.5 Å². The van der Waals surface area contributed by atoms with E-state index in [1.54, 1.807) is 0 Å². The summed E-state index contributed by atoms with van der Waals surface area (Å²) in [6.07, 6.45) is 12.4. The first-order valence-electron chi connectivity index (χ1n) is 8.67. The van der Waals surface area contributed by atoms with Crippen molar-refractivity contribution in [2.45, 2.75) is 89.7 Å². The Morgan fingerprint density at radius 2 is 1.75 bits per heavy atom. The number of β-amino-alcohol motifs (C(OH)–C–C–N with tert-alkyl or cyclic N) is 1. The highest BCUT2D eigenvalue weighted by molar-refractivity contribution is 4.88. The summed E-state index contributed by atoms with van der Waals surface area (Å²) in [7, 11) is 0. The zero-order valence-corrected chi connectivity index (χ0v) is 13.6. The average molecular weight is 285 g/mol. The Morgan fingerprint density at radius 3 is 2.45 bits per heavy atom. The molecule has 0 radical (unpaired) electrons. The minimum atomic E-state index is -0.368. The first-order chi connectivity index (χ1) is 9.66. The maximum atomic E-state index is 9.91. The maximum Gasteiger partial charge on any atom is 0.0897 e. The molecule has 3 heteroatoms. The monoisotopic (exact) mass is 285 g/mol. The molecule has 0 bridgehead atoms. The average Bonchev–Trinajstić information content (AvgIpc) is 2.87. The van der Waals surface area contributed by atoms with Gasteiger partial charge in [-0.2, -0.15) is 0 Å². The SMILES string of the molecule is CCCCCCCCOCC(O)CNC1(C)CCCC1. The highest BCUT2D eigenvalue weighted by atomic mass is 16.5. The molecule has 1 aliphatic carbocycles. The van der Waals surface area contributed by atoms with Crippen LogP contribution in [0.15, 0.2) is 0 Å². The molecule has 1 saturated carbocycles. The van der Waals surface area contributed by atoms with Crippen molar-refractivity contribution in [3.63, 3.8) is 0 Å². The van der Waals surface area contributed by atoms with Crippen molar-refractivity contribution < 1.29 is 9.84 Å². The number of hydrogen-bond acceptors (Lipinski definition) is 3. The van der Waals surface area contributed by atoms with E-state index in [0.717, 1.165) is 13.0 Å². The van der Waals surface area contributed by atoms with Crippen LogP contribution in [0.3, 0.4) is 0 Å². The first-order valence-corrected chi connectivity index (χ1v) is 8.67. The molecule has 0 saturated heterocycles. The smallest absolute Gasteiger partial charge is 0.0897 e. The molecule has 1 unspecified atom stereocenters. The molecule has 0 aromatic rings. The van der Waals surface area contributed by atoms with Crippen molar-refractivity contribution in [3.05, 3.63) is 0 Å². The normalized spacial score (nSPS) is 19.4. The molecule has 0 amide bonds. The second kappa shape index (κ2) is 10.6. The van der Waals surface area contributed by atoms with Crippen LogP contribution in [0.2, 0.25) is 0 Å². The van der Waals surface area contributed by atoms with Crippen LogP contribution in [0, 0.1) is 0 Å². The lowest BCUT2D eigenvalue weighted by Crippen LogP contribution is -2.44. The number of aliphatic hydroxyl groups excluding tert-OH is 1. The van der Waals surface area contributed by atoms with Crippen molar-refractivity contribution in [2.24, 2.45) is 0 Å². The fraction of sp³-hybridized carbons (Fsp3) is 1.00. The molecule has 0 aromatic carbocycles. The quantitative estimate of drug-likeness (QED) is 0.538. The Labute approximate surface area is 125 Å². The van der Waals surface area contributed by atoms with Gasteiger partial charge in [-0.3, -0.25) is 0 Å². The standard InChI is InChI=1S/C17H35NO2/c1-3-4-5-6-7-10-13-20-15-16(19)14-18-17(2)11-8-9-12-17/h16,18-19H,3-15H2,1-2H3. The molecule has 1 atom stereocenters. The molecule has 0 spiro atoms. The minimum Gasteiger partial charge on any atom is -0.389 e. The molecule has 1 fully saturated rings. The summed E-state index contributed by atoms with van der Waals surface area (Å²) >= 11 is 0. The number of hydrogen-bond donors (Lipinski definition) is 2. The summed E-state index contributed by atoms with van der Waals surface area (Å²) in [4.78, 5) is 0. The third-order valence-corrected chi connectivity index (χ3v) is 4.42. The van der Waals surface area contributed by atoms with E-state index in [1.165, 1.54) is 57.8 Å².